The largest absolute Gasteiger partial charge is 0.480 e. The number of aliphatic carboxylic acids is 1. The highest BCUT2D eigenvalue weighted by Crippen LogP contribution is 2.37. The van der Waals surface area contributed by atoms with E-state index in [0.717, 1.165) is 51.7 Å². The molecule has 1 heterocycles. The molecule has 1 N–H and O–H groups in total. The number of ether oxygens (including phenoxy) is 1. The zero-order valence-electron chi connectivity index (χ0n) is 9.95. The van der Waals surface area contributed by atoms with Crippen LogP contribution in [-0.4, -0.2) is 47.8 Å². The van der Waals surface area contributed by atoms with Crippen LogP contribution in [0.3, 0.4) is 0 Å². The van der Waals surface area contributed by atoms with Gasteiger partial charge >= 0.3 is 5.97 Å². The van der Waals surface area contributed by atoms with Crippen LogP contribution in [0.15, 0.2) is 0 Å². The molecule has 1 aliphatic heterocycles. The van der Waals surface area contributed by atoms with Crippen LogP contribution in [0.1, 0.15) is 38.5 Å². The molecule has 0 amide bonds. The van der Waals surface area contributed by atoms with Gasteiger partial charge in [-0.2, -0.15) is 0 Å². The van der Waals surface area contributed by atoms with Gasteiger partial charge in [-0.1, -0.05) is 12.8 Å². The lowest BCUT2D eigenvalue weighted by molar-refractivity contribution is -0.153. The highest BCUT2D eigenvalue weighted by Gasteiger charge is 2.47. The van der Waals surface area contributed by atoms with Gasteiger partial charge in [-0.3, -0.25) is 9.69 Å². The Bertz CT molecular complexity index is 255. The third-order valence-corrected chi connectivity index (χ3v) is 4.24. The molecule has 0 aromatic heterocycles. The standard InChI is InChI=1S/C12H21NO3/c1-13(10-4-8-16-9-5-10)12(11(14)15)6-2-3-7-12/h10H,2-9H2,1H3,(H,14,15). The molecular formula is C12H21NO3. The summed E-state index contributed by atoms with van der Waals surface area (Å²) in [5, 5.41) is 9.49. The highest BCUT2D eigenvalue weighted by atomic mass is 16.5. The summed E-state index contributed by atoms with van der Waals surface area (Å²) in [5.41, 5.74) is -0.595. The lowest BCUT2D eigenvalue weighted by Crippen LogP contribution is -2.56. The molecular weight excluding hydrogens is 206 g/mol. The second kappa shape index (κ2) is 4.72. The summed E-state index contributed by atoms with van der Waals surface area (Å²) in [5.74, 6) is -0.640. The zero-order valence-corrected chi connectivity index (χ0v) is 9.95. The van der Waals surface area contributed by atoms with E-state index in [4.69, 9.17) is 4.74 Å². The van der Waals surface area contributed by atoms with E-state index in [2.05, 4.69) is 4.90 Å². The Balaban J connectivity index is 2.10. The molecule has 92 valence electrons. The first-order chi connectivity index (χ1) is 7.67. The second-order valence-electron chi connectivity index (χ2n) is 5.00. The molecule has 0 spiro atoms. The fraction of sp³-hybridized carbons (Fsp3) is 0.917. The molecule has 0 unspecified atom stereocenters. The predicted molar refractivity (Wildman–Crippen MR) is 60.4 cm³/mol. The van der Waals surface area contributed by atoms with Gasteiger partial charge in [0, 0.05) is 19.3 Å². The molecule has 2 aliphatic rings. The van der Waals surface area contributed by atoms with Crippen molar-refractivity contribution in [2.75, 3.05) is 20.3 Å². The number of rotatable bonds is 3. The summed E-state index contributed by atoms with van der Waals surface area (Å²) in [6, 6.07) is 0.378. The molecule has 2 rings (SSSR count). The Labute approximate surface area is 96.6 Å². The molecule has 4 heteroatoms. The fourth-order valence-corrected chi connectivity index (χ4v) is 3.10. The summed E-state index contributed by atoms with van der Waals surface area (Å²) < 4.78 is 5.33. The highest BCUT2D eigenvalue weighted by molar-refractivity contribution is 5.79. The van der Waals surface area contributed by atoms with Gasteiger partial charge < -0.3 is 9.84 Å². The van der Waals surface area contributed by atoms with Crippen molar-refractivity contribution in [1.29, 1.82) is 0 Å². The van der Waals surface area contributed by atoms with Crippen molar-refractivity contribution in [3.05, 3.63) is 0 Å². The summed E-state index contributed by atoms with van der Waals surface area (Å²) in [6.45, 7) is 1.54. The lowest BCUT2D eigenvalue weighted by atomic mass is 9.92. The number of hydrogen-bond donors (Lipinski definition) is 1. The van der Waals surface area contributed by atoms with Crippen LogP contribution < -0.4 is 0 Å². The maximum atomic E-state index is 11.5. The Morgan fingerprint density at radius 3 is 2.38 bits per heavy atom. The van der Waals surface area contributed by atoms with Crippen LogP contribution in [0.2, 0.25) is 0 Å². The van der Waals surface area contributed by atoms with Gasteiger partial charge in [-0.15, -0.1) is 0 Å². The molecule has 1 saturated carbocycles. The van der Waals surface area contributed by atoms with Crippen LogP contribution in [0, 0.1) is 0 Å². The van der Waals surface area contributed by atoms with Crippen LogP contribution >= 0.6 is 0 Å². The number of carbonyl (C=O) groups is 1. The monoisotopic (exact) mass is 227 g/mol. The predicted octanol–water partition coefficient (Wildman–Crippen LogP) is 1.49. The van der Waals surface area contributed by atoms with Gasteiger partial charge in [-0.05, 0) is 32.7 Å². The molecule has 0 atom stereocenters. The van der Waals surface area contributed by atoms with Gasteiger partial charge in [0.05, 0.1) is 0 Å². The van der Waals surface area contributed by atoms with Gasteiger partial charge in [0.15, 0.2) is 0 Å². The molecule has 0 radical (unpaired) electrons. The average molecular weight is 227 g/mol. The Hall–Kier alpha value is -0.610. The maximum absolute atomic E-state index is 11.5. The lowest BCUT2D eigenvalue weighted by Gasteiger charge is -2.41. The minimum atomic E-state index is -0.640. The average Bonchev–Trinajstić information content (AvgIpc) is 2.79. The van der Waals surface area contributed by atoms with Gasteiger partial charge in [0.25, 0.3) is 0 Å². The minimum absolute atomic E-state index is 0.378. The first-order valence-electron chi connectivity index (χ1n) is 6.21. The third kappa shape index (κ3) is 1.96. The number of nitrogens with zero attached hydrogens (tertiary/aromatic N) is 1. The molecule has 0 bridgehead atoms. The molecule has 0 aromatic rings. The SMILES string of the molecule is CN(C1CCOCC1)C1(C(=O)O)CCCC1. The summed E-state index contributed by atoms with van der Waals surface area (Å²) in [4.78, 5) is 13.7. The van der Waals surface area contributed by atoms with Crippen LogP contribution in [-0.2, 0) is 9.53 Å². The normalized spacial score (nSPS) is 26.1. The van der Waals surface area contributed by atoms with Crippen molar-refractivity contribution in [3.8, 4) is 0 Å². The minimum Gasteiger partial charge on any atom is -0.480 e. The molecule has 0 aromatic carbocycles. The Morgan fingerprint density at radius 2 is 1.88 bits per heavy atom. The number of carboxylic acid groups (broad SMARTS) is 1. The third-order valence-electron chi connectivity index (χ3n) is 4.24. The number of likely N-dealkylation sites (N-methyl/N-ethyl adjacent to an activating group) is 1. The first kappa shape index (κ1) is 11.9. The van der Waals surface area contributed by atoms with E-state index in [9.17, 15) is 9.90 Å². The van der Waals surface area contributed by atoms with E-state index in [1.54, 1.807) is 0 Å². The van der Waals surface area contributed by atoms with Gasteiger partial charge in [0.2, 0.25) is 0 Å². The first-order valence-corrected chi connectivity index (χ1v) is 6.21. The van der Waals surface area contributed by atoms with Crippen molar-refractivity contribution >= 4 is 5.97 Å². The van der Waals surface area contributed by atoms with E-state index in [-0.39, 0.29) is 0 Å². The van der Waals surface area contributed by atoms with Crippen LogP contribution in [0.25, 0.3) is 0 Å². The zero-order chi connectivity index (χ0) is 11.6. The fourth-order valence-electron chi connectivity index (χ4n) is 3.10. The van der Waals surface area contributed by atoms with E-state index in [0.29, 0.717) is 6.04 Å². The molecule has 4 nitrogen and oxygen atoms in total. The van der Waals surface area contributed by atoms with E-state index < -0.39 is 11.5 Å². The van der Waals surface area contributed by atoms with Crippen molar-refractivity contribution in [1.82, 2.24) is 4.90 Å². The van der Waals surface area contributed by atoms with Crippen molar-refractivity contribution in [2.24, 2.45) is 0 Å². The van der Waals surface area contributed by atoms with Gasteiger partial charge in [0.1, 0.15) is 5.54 Å². The summed E-state index contributed by atoms with van der Waals surface area (Å²) in [7, 11) is 1.98. The van der Waals surface area contributed by atoms with Crippen molar-refractivity contribution < 1.29 is 14.6 Å². The Kier molecular flexibility index (Phi) is 3.50. The molecule has 1 saturated heterocycles. The van der Waals surface area contributed by atoms with Crippen molar-refractivity contribution in [2.45, 2.75) is 50.1 Å². The van der Waals surface area contributed by atoms with E-state index in [1.807, 2.05) is 7.05 Å². The van der Waals surface area contributed by atoms with Crippen molar-refractivity contribution in [3.63, 3.8) is 0 Å². The number of carboxylic acids is 1. The summed E-state index contributed by atoms with van der Waals surface area (Å²) >= 11 is 0. The maximum Gasteiger partial charge on any atom is 0.324 e. The Morgan fingerprint density at radius 1 is 1.31 bits per heavy atom. The number of hydrogen-bond acceptors (Lipinski definition) is 3. The molecule has 1 aliphatic carbocycles. The smallest absolute Gasteiger partial charge is 0.324 e. The molecule has 2 fully saturated rings. The quantitative estimate of drug-likeness (QED) is 0.793. The summed E-state index contributed by atoms with van der Waals surface area (Å²) in [6.07, 6.45) is 5.61. The van der Waals surface area contributed by atoms with Crippen LogP contribution in [0.5, 0.6) is 0 Å². The topological polar surface area (TPSA) is 49.8 Å². The van der Waals surface area contributed by atoms with Crippen LogP contribution in [0.4, 0.5) is 0 Å². The van der Waals surface area contributed by atoms with E-state index >= 15 is 0 Å². The van der Waals surface area contributed by atoms with E-state index in [1.165, 1.54) is 0 Å². The van der Waals surface area contributed by atoms with Gasteiger partial charge in [-0.25, -0.2) is 0 Å². The second-order valence-corrected chi connectivity index (χ2v) is 5.00. The molecule has 16 heavy (non-hydrogen) atoms.